The molecule has 0 aromatic heterocycles. The summed E-state index contributed by atoms with van der Waals surface area (Å²) in [7, 11) is -3.41. The van der Waals surface area contributed by atoms with Crippen LogP contribution in [0.25, 0.3) is 0 Å². The topological polar surface area (TPSA) is 63.2 Å². The van der Waals surface area contributed by atoms with Gasteiger partial charge in [0.15, 0.2) is 9.84 Å². The van der Waals surface area contributed by atoms with Gasteiger partial charge >= 0.3 is 0 Å². The predicted molar refractivity (Wildman–Crippen MR) is 69.8 cm³/mol. The van der Waals surface area contributed by atoms with Gasteiger partial charge in [-0.2, -0.15) is 0 Å². The van der Waals surface area contributed by atoms with Crippen molar-refractivity contribution in [1.82, 2.24) is 5.32 Å². The summed E-state index contributed by atoms with van der Waals surface area (Å²) in [5, 5.41) is 1.69. The zero-order chi connectivity index (χ0) is 14.3. The Kier molecular flexibility index (Phi) is 3.38. The molecule has 6 heteroatoms. The molecule has 19 heavy (non-hydrogen) atoms. The van der Waals surface area contributed by atoms with E-state index in [1.807, 2.05) is 0 Å². The second kappa shape index (κ2) is 4.59. The van der Waals surface area contributed by atoms with Gasteiger partial charge < -0.3 is 5.32 Å². The molecule has 2 rings (SSSR count). The van der Waals surface area contributed by atoms with Crippen molar-refractivity contribution < 1.29 is 17.6 Å². The number of benzene rings is 1. The molecular formula is C13H16FNO3S. The van der Waals surface area contributed by atoms with Crippen molar-refractivity contribution >= 4 is 15.7 Å². The molecule has 4 nitrogen and oxygen atoms in total. The molecule has 1 aliphatic rings. The molecule has 104 valence electrons. The van der Waals surface area contributed by atoms with E-state index in [9.17, 15) is 17.6 Å². The van der Waals surface area contributed by atoms with E-state index >= 15 is 0 Å². The van der Waals surface area contributed by atoms with Crippen LogP contribution in [0.15, 0.2) is 24.3 Å². The maximum atomic E-state index is 12.9. The van der Waals surface area contributed by atoms with E-state index in [-0.39, 0.29) is 5.82 Å². The van der Waals surface area contributed by atoms with Crippen molar-refractivity contribution in [2.24, 2.45) is 0 Å². The summed E-state index contributed by atoms with van der Waals surface area (Å²) in [6.45, 7) is 1.37. The van der Waals surface area contributed by atoms with Crippen LogP contribution in [0.5, 0.6) is 0 Å². The summed E-state index contributed by atoms with van der Waals surface area (Å²) in [5.41, 5.74) is 0.284. The molecule has 1 fully saturated rings. The van der Waals surface area contributed by atoms with E-state index in [2.05, 4.69) is 5.32 Å². The van der Waals surface area contributed by atoms with Crippen LogP contribution in [-0.2, 0) is 20.2 Å². The van der Waals surface area contributed by atoms with Crippen LogP contribution in [-0.4, -0.2) is 25.8 Å². The summed E-state index contributed by atoms with van der Waals surface area (Å²) in [5.74, 6) is -0.847. The molecule has 1 saturated carbocycles. The normalized spacial score (nSPS) is 18.7. The minimum atomic E-state index is -3.41. The van der Waals surface area contributed by atoms with Gasteiger partial charge in [0, 0.05) is 6.26 Å². The molecule has 0 aliphatic heterocycles. The molecule has 0 bridgehead atoms. The third-order valence-corrected chi connectivity index (χ3v) is 5.02. The molecule has 0 saturated heterocycles. The average Bonchev–Trinajstić information content (AvgIpc) is 3.08. The molecule has 0 spiro atoms. The van der Waals surface area contributed by atoms with E-state index in [0.29, 0.717) is 0 Å². The monoisotopic (exact) mass is 285 g/mol. The van der Waals surface area contributed by atoms with E-state index < -0.39 is 26.5 Å². The fourth-order valence-electron chi connectivity index (χ4n) is 1.91. The largest absolute Gasteiger partial charge is 0.345 e. The number of hydrogen-bond donors (Lipinski definition) is 1. The van der Waals surface area contributed by atoms with Crippen LogP contribution in [0, 0.1) is 5.82 Å². The van der Waals surface area contributed by atoms with Gasteiger partial charge in [-0.1, -0.05) is 12.1 Å². The predicted octanol–water partition coefficient (Wildman–Crippen LogP) is 1.36. The highest BCUT2D eigenvalue weighted by atomic mass is 32.2. The minimum absolute atomic E-state index is 0.338. The van der Waals surface area contributed by atoms with Crippen LogP contribution in [0.4, 0.5) is 4.39 Å². The molecule has 1 amide bonds. The van der Waals surface area contributed by atoms with Gasteiger partial charge in [-0.15, -0.1) is 0 Å². The van der Waals surface area contributed by atoms with Gasteiger partial charge in [-0.05, 0) is 37.5 Å². The summed E-state index contributed by atoms with van der Waals surface area (Å²) >= 11 is 0. The summed E-state index contributed by atoms with van der Waals surface area (Å²) in [6.07, 6.45) is 2.51. The number of rotatable bonds is 4. The highest BCUT2D eigenvalue weighted by molar-refractivity contribution is 7.92. The maximum absolute atomic E-state index is 12.9. The first-order chi connectivity index (χ1) is 8.74. The molecule has 1 aliphatic carbocycles. The van der Waals surface area contributed by atoms with Gasteiger partial charge in [0.2, 0.25) is 5.91 Å². The summed E-state index contributed by atoms with van der Waals surface area (Å²) < 4.78 is 35.6. The lowest BCUT2D eigenvalue weighted by molar-refractivity contribution is -0.121. The highest BCUT2D eigenvalue weighted by Gasteiger charge is 2.46. The smallest absolute Gasteiger partial charge is 0.238 e. The zero-order valence-electron chi connectivity index (χ0n) is 10.8. The minimum Gasteiger partial charge on any atom is -0.345 e. The number of carbonyl (C=O) groups is 1. The van der Waals surface area contributed by atoms with Gasteiger partial charge in [-0.25, -0.2) is 12.8 Å². The van der Waals surface area contributed by atoms with Crippen LogP contribution in [0.3, 0.4) is 0 Å². The second-order valence-corrected chi connectivity index (χ2v) is 7.42. The Morgan fingerprint density at radius 2 is 1.84 bits per heavy atom. The highest BCUT2D eigenvalue weighted by Crippen LogP contribution is 2.45. The Bertz CT molecular complexity index is 591. The van der Waals surface area contributed by atoms with Gasteiger partial charge in [-0.3, -0.25) is 4.79 Å². The lowest BCUT2D eigenvalue weighted by Crippen LogP contribution is -2.43. The first kappa shape index (κ1) is 14.0. The third-order valence-electron chi connectivity index (χ3n) is 3.52. The number of nitrogens with one attached hydrogen (secondary N) is 1. The van der Waals surface area contributed by atoms with E-state index in [4.69, 9.17) is 0 Å². The second-order valence-electron chi connectivity index (χ2n) is 5.05. The molecule has 1 unspecified atom stereocenters. The van der Waals surface area contributed by atoms with Crippen molar-refractivity contribution in [3.63, 3.8) is 0 Å². The van der Waals surface area contributed by atoms with E-state index in [1.54, 1.807) is 12.1 Å². The molecule has 1 aromatic carbocycles. The Morgan fingerprint density at radius 1 is 1.32 bits per heavy atom. The number of sulfone groups is 1. The Labute approximate surface area is 111 Å². The molecule has 0 heterocycles. The van der Waals surface area contributed by atoms with Crippen molar-refractivity contribution in [3.05, 3.63) is 35.6 Å². The molecular weight excluding hydrogens is 269 g/mol. The summed E-state index contributed by atoms with van der Waals surface area (Å²) in [6, 6.07) is 5.91. The van der Waals surface area contributed by atoms with Crippen LogP contribution < -0.4 is 5.32 Å². The van der Waals surface area contributed by atoms with Gasteiger partial charge in [0.25, 0.3) is 0 Å². The average molecular weight is 285 g/mol. The third kappa shape index (κ3) is 2.94. The molecule has 1 atom stereocenters. The maximum Gasteiger partial charge on any atom is 0.238 e. The Hall–Kier alpha value is -1.43. The van der Waals surface area contributed by atoms with Crippen LogP contribution in [0.1, 0.15) is 25.3 Å². The summed E-state index contributed by atoms with van der Waals surface area (Å²) in [4.78, 5) is 11.9. The van der Waals surface area contributed by atoms with E-state index in [1.165, 1.54) is 19.1 Å². The molecule has 1 aromatic rings. The van der Waals surface area contributed by atoms with Crippen molar-refractivity contribution in [3.8, 4) is 0 Å². The van der Waals surface area contributed by atoms with Crippen LogP contribution >= 0.6 is 0 Å². The standard InChI is InChI=1S/C13H16FNO3S/c1-9(19(2,17)18)12(16)15-13(7-8-13)10-3-5-11(14)6-4-10/h3-6,9H,7-8H2,1-2H3,(H,15,16). The van der Waals surface area contributed by atoms with Gasteiger partial charge in [0.1, 0.15) is 11.1 Å². The van der Waals surface area contributed by atoms with Crippen molar-refractivity contribution in [2.45, 2.75) is 30.6 Å². The SMILES string of the molecule is CC(C(=O)NC1(c2ccc(F)cc2)CC1)S(C)(=O)=O. The first-order valence-electron chi connectivity index (χ1n) is 6.01. The fraction of sp³-hybridized carbons (Fsp3) is 0.462. The quantitative estimate of drug-likeness (QED) is 0.908. The van der Waals surface area contributed by atoms with E-state index in [0.717, 1.165) is 24.7 Å². The number of hydrogen-bond acceptors (Lipinski definition) is 3. The molecule has 0 radical (unpaired) electrons. The van der Waals surface area contributed by atoms with Crippen LogP contribution in [0.2, 0.25) is 0 Å². The number of halogens is 1. The Balaban J connectivity index is 2.15. The fourth-order valence-corrected chi connectivity index (χ4v) is 2.36. The lowest BCUT2D eigenvalue weighted by atomic mass is 10.0. The van der Waals surface area contributed by atoms with Crippen molar-refractivity contribution in [2.75, 3.05) is 6.26 Å². The number of carbonyl (C=O) groups excluding carboxylic acids is 1. The lowest BCUT2D eigenvalue weighted by Gasteiger charge is -2.20. The van der Waals surface area contributed by atoms with Gasteiger partial charge in [0.05, 0.1) is 5.54 Å². The number of amides is 1. The molecule has 1 N–H and O–H groups in total. The van der Waals surface area contributed by atoms with Crippen molar-refractivity contribution in [1.29, 1.82) is 0 Å². The Morgan fingerprint density at radius 3 is 2.26 bits per heavy atom. The first-order valence-corrected chi connectivity index (χ1v) is 7.97. The zero-order valence-corrected chi connectivity index (χ0v) is 11.6.